The van der Waals surface area contributed by atoms with Crippen LogP contribution in [0.2, 0.25) is 0 Å². The highest BCUT2D eigenvalue weighted by molar-refractivity contribution is 6.03. The molecule has 0 fully saturated rings. The molecule has 0 bridgehead atoms. The fourth-order valence-electron chi connectivity index (χ4n) is 3.21. The molecule has 3 rings (SSSR count). The van der Waals surface area contributed by atoms with E-state index in [-0.39, 0.29) is 23.3 Å². The van der Waals surface area contributed by atoms with Crippen LogP contribution in [0.3, 0.4) is 0 Å². The maximum atomic E-state index is 13.4. The largest absolute Gasteiger partial charge is 0.416 e. The van der Waals surface area contributed by atoms with Crippen LogP contribution in [-0.4, -0.2) is 10.9 Å². The third kappa shape index (κ3) is 4.67. The Morgan fingerprint density at radius 1 is 1.13 bits per heavy atom. The summed E-state index contributed by atoms with van der Waals surface area (Å²) in [7, 11) is 0. The van der Waals surface area contributed by atoms with E-state index in [0.717, 1.165) is 17.7 Å². The molecule has 30 heavy (non-hydrogen) atoms. The van der Waals surface area contributed by atoms with Crippen molar-refractivity contribution < 1.29 is 22.4 Å². The first-order valence-corrected chi connectivity index (χ1v) is 9.25. The minimum absolute atomic E-state index is 0.106. The van der Waals surface area contributed by atoms with Gasteiger partial charge in [-0.25, -0.2) is 9.37 Å². The first-order valence-electron chi connectivity index (χ1n) is 9.25. The van der Waals surface area contributed by atoms with Gasteiger partial charge >= 0.3 is 6.18 Å². The van der Waals surface area contributed by atoms with Crippen LogP contribution in [0.25, 0.3) is 17.0 Å². The lowest BCUT2D eigenvalue weighted by Crippen LogP contribution is -2.25. The average Bonchev–Trinajstić information content (AvgIpc) is 2.65. The smallest absolute Gasteiger partial charge is 0.348 e. The molecular formula is C23H20F4N2O. The lowest BCUT2D eigenvalue weighted by Gasteiger charge is -2.15. The summed E-state index contributed by atoms with van der Waals surface area (Å²) in [5, 5.41) is 3.21. The van der Waals surface area contributed by atoms with Gasteiger partial charge in [-0.05, 0) is 62.2 Å². The van der Waals surface area contributed by atoms with Crippen molar-refractivity contribution in [1.82, 2.24) is 10.3 Å². The summed E-state index contributed by atoms with van der Waals surface area (Å²) in [4.78, 5) is 17.3. The van der Waals surface area contributed by atoms with E-state index in [1.807, 2.05) is 13.8 Å². The molecule has 156 valence electrons. The second kappa shape index (κ2) is 8.26. The number of amides is 1. The fraction of sp³-hybridized carbons (Fsp3) is 0.217. The minimum atomic E-state index is -4.48. The van der Waals surface area contributed by atoms with Gasteiger partial charge in [0.25, 0.3) is 5.91 Å². The van der Waals surface area contributed by atoms with E-state index in [9.17, 15) is 22.4 Å². The number of nitrogens with zero attached hydrogens (tertiary/aromatic N) is 1. The van der Waals surface area contributed by atoms with Crippen molar-refractivity contribution in [2.24, 2.45) is 0 Å². The van der Waals surface area contributed by atoms with Crippen molar-refractivity contribution in [3.63, 3.8) is 0 Å². The second-order valence-corrected chi connectivity index (χ2v) is 7.26. The number of carbonyl (C=O) groups is 1. The lowest BCUT2D eigenvalue weighted by molar-refractivity contribution is -0.137. The Morgan fingerprint density at radius 2 is 1.87 bits per heavy atom. The van der Waals surface area contributed by atoms with Crippen molar-refractivity contribution in [3.05, 3.63) is 81.8 Å². The number of halogens is 4. The van der Waals surface area contributed by atoms with Gasteiger partial charge in [-0.3, -0.25) is 4.79 Å². The molecule has 0 aliphatic heterocycles. The van der Waals surface area contributed by atoms with Crippen LogP contribution >= 0.6 is 0 Å². The molecule has 0 radical (unpaired) electrons. The Kier molecular flexibility index (Phi) is 5.92. The van der Waals surface area contributed by atoms with E-state index in [2.05, 4.69) is 10.3 Å². The summed E-state index contributed by atoms with van der Waals surface area (Å²) in [6.07, 6.45) is -2.83. The molecule has 0 aliphatic rings. The number of alkyl halides is 3. The third-order valence-corrected chi connectivity index (χ3v) is 4.60. The fourth-order valence-corrected chi connectivity index (χ4v) is 3.21. The van der Waals surface area contributed by atoms with Gasteiger partial charge in [0.1, 0.15) is 5.82 Å². The maximum absolute atomic E-state index is 13.4. The number of fused-ring (bicyclic) bond motifs is 1. The maximum Gasteiger partial charge on any atom is 0.416 e. The first kappa shape index (κ1) is 21.5. The highest BCUT2D eigenvalue weighted by atomic mass is 19.4. The molecule has 1 N–H and O–H groups in total. The van der Waals surface area contributed by atoms with Crippen molar-refractivity contribution in [2.45, 2.75) is 33.5 Å². The van der Waals surface area contributed by atoms with Crippen LogP contribution in [0.1, 0.15) is 46.6 Å². The summed E-state index contributed by atoms with van der Waals surface area (Å²) < 4.78 is 52.6. The molecule has 1 aromatic heterocycles. The Balaban J connectivity index is 2.06. The number of pyridine rings is 1. The molecule has 3 aromatic rings. The molecule has 0 spiro atoms. The van der Waals surface area contributed by atoms with Crippen LogP contribution in [0.15, 0.2) is 48.0 Å². The molecule has 0 atom stereocenters. The van der Waals surface area contributed by atoms with Gasteiger partial charge in [0, 0.05) is 11.9 Å². The molecule has 3 nitrogen and oxygen atoms in total. The Labute approximate surface area is 171 Å². The topological polar surface area (TPSA) is 42.0 Å². The summed E-state index contributed by atoms with van der Waals surface area (Å²) in [6, 6.07) is 9.16. The third-order valence-electron chi connectivity index (χ3n) is 4.60. The van der Waals surface area contributed by atoms with Gasteiger partial charge in [0.05, 0.1) is 22.3 Å². The van der Waals surface area contributed by atoms with E-state index in [4.69, 9.17) is 0 Å². The summed E-state index contributed by atoms with van der Waals surface area (Å²) in [5.74, 6) is -0.838. The number of aryl methyl sites for hydroxylation is 1. The summed E-state index contributed by atoms with van der Waals surface area (Å²) in [6.45, 7) is 5.40. The van der Waals surface area contributed by atoms with Crippen LogP contribution in [0.5, 0.6) is 0 Å². The molecule has 0 saturated carbocycles. The number of allylic oxidation sites excluding steroid dienone is 1. The van der Waals surface area contributed by atoms with E-state index in [0.29, 0.717) is 16.5 Å². The standard InChI is InChI=1S/C23H20F4N2O/c1-13(2)9-20-21(22(30)28-12-15-5-4-6-17(24)10-15)14(3)18-8-7-16(23(25,26)27)11-19(18)29-20/h4-11H,12H2,1-3H3,(H,28,30). The molecule has 1 amide bonds. The van der Waals surface area contributed by atoms with Gasteiger partial charge < -0.3 is 5.32 Å². The Morgan fingerprint density at radius 3 is 2.50 bits per heavy atom. The number of benzene rings is 2. The van der Waals surface area contributed by atoms with E-state index in [1.165, 1.54) is 18.2 Å². The highest BCUT2D eigenvalue weighted by Gasteiger charge is 2.31. The number of rotatable bonds is 4. The quantitative estimate of drug-likeness (QED) is 0.526. The van der Waals surface area contributed by atoms with Crippen LogP contribution < -0.4 is 5.32 Å². The average molecular weight is 416 g/mol. The minimum Gasteiger partial charge on any atom is -0.348 e. The van der Waals surface area contributed by atoms with Crippen molar-refractivity contribution in [2.75, 3.05) is 0 Å². The Hall–Kier alpha value is -3.22. The summed E-state index contributed by atoms with van der Waals surface area (Å²) in [5.41, 5.74) is 1.89. The Bertz CT molecular complexity index is 1150. The van der Waals surface area contributed by atoms with E-state index >= 15 is 0 Å². The van der Waals surface area contributed by atoms with Gasteiger partial charge in [0.15, 0.2) is 0 Å². The number of nitrogens with one attached hydrogen (secondary N) is 1. The molecule has 0 saturated heterocycles. The predicted octanol–water partition coefficient (Wildman–Crippen LogP) is 6.05. The van der Waals surface area contributed by atoms with Gasteiger partial charge in [-0.1, -0.05) is 23.8 Å². The zero-order chi connectivity index (χ0) is 22.1. The first-order chi connectivity index (χ1) is 14.1. The van der Waals surface area contributed by atoms with E-state index in [1.54, 1.807) is 25.1 Å². The van der Waals surface area contributed by atoms with Crippen LogP contribution in [0, 0.1) is 12.7 Å². The number of hydrogen-bond acceptors (Lipinski definition) is 2. The van der Waals surface area contributed by atoms with Crippen molar-refractivity contribution in [1.29, 1.82) is 0 Å². The number of hydrogen-bond donors (Lipinski definition) is 1. The molecular weight excluding hydrogens is 396 g/mol. The van der Waals surface area contributed by atoms with Crippen molar-refractivity contribution in [3.8, 4) is 0 Å². The second-order valence-electron chi connectivity index (χ2n) is 7.26. The number of aromatic nitrogens is 1. The monoisotopic (exact) mass is 416 g/mol. The summed E-state index contributed by atoms with van der Waals surface area (Å²) >= 11 is 0. The zero-order valence-electron chi connectivity index (χ0n) is 16.7. The molecule has 1 heterocycles. The molecule has 7 heteroatoms. The molecule has 2 aromatic carbocycles. The van der Waals surface area contributed by atoms with Crippen LogP contribution in [-0.2, 0) is 12.7 Å². The SMILES string of the molecule is CC(C)=Cc1nc2cc(C(F)(F)F)ccc2c(C)c1C(=O)NCc1cccc(F)c1. The normalized spacial score (nSPS) is 11.4. The lowest BCUT2D eigenvalue weighted by atomic mass is 9.98. The highest BCUT2D eigenvalue weighted by Crippen LogP contribution is 2.33. The molecule has 0 aliphatic carbocycles. The molecule has 0 unspecified atom stereocenters. The van der Waals surface area contributed by atoms with Gasteiger partial charge in [-0.2, -0.15) is 13.2 Å². The van der Waals surface area contributed by atoms with Crippen LogP contribution in [0.4, 0.5) is 17.6 Å². The zero-order valence-corrected chi connectivity index (χ0v) is 16.7. The van der Waals surface area contributed by atoms with Gasteiger partial charge in [0.2, 0.25) is 0 Å². The predicted molar refractivity (Wildman–Crippen MR) is 108 cm³/mol. The van der Waals surface area contributed by atoms with Crippen molar-refractivity contribution >= 4 is 22.9 Å². The number of carbonyl (C=O) groups excluding carboxylic acids is 1. The van der Waals surface area contributed by atoms with E-state index < -0.39 is 23.5 Å². The van der Waals surface area contributed by atoms with Gasteiger partial charge in [-0.15, -0.1) is 0 Å².